The number of hydrogen-bond acceptors (Lipinski definition) is 3. The molecule has 1 unspecified atom stereocenters. The fourth-order valence-electron chi connectivity index (χ4n) is 4.66. The van der Waals surface area contributed by atoms with Crippen molar-refractivity contribution in [3.8, 4) is 11.1 Å². The van der Waals surface area contributed by atoms with E-state index < -0.39 is 18.1 Å². The van der Waals surface area contributed by atoms with Crippen LogP contribution in [0.15, 0.2) is 72.9 Å². The molecule has 3 N–H and O–H groups in total. The highest BCUT2D eigenvalue weighted by molar-refractivity contribution is 5.86. The van der Waals surface area contributed by atoms with Gasteiger partial charge in [-0.2, -0.15) is 0 Å². The summed E-state index contributed by atoms with van der Waals surface area (Å²) in [6, 6.07) is 21.0. The van der Waals surface area contributed by atoms with Crippen LogP contribution in [0.2, 0.25) is 0 Å². The van der Waals surface area contributed by atoms with Gasteiger partial charge < -0.3 is 20.1 Å². The first-order valence-electron chi connectivity index (χ1n) is 10.9. The molecule has 3 aromatic carbocycles. The number of hydrogen-bond donors (Lipinski definition) is 3. The monoisotopic (exact) mass is 440 g/mol. The van der Waals surface area contributed by atoms with Gasteiger partial charge in [0.25, 0.3) is 0 Å². The molecule has 1 heterocycles. The van der Waals surface area contributed by atoms with Crippen molar-refractivity contribution in [2.75, 3.05) is 6.61 Å². The van der Waals surface area contributed by atoms with Crippen LogP contribution in [-0.4, -0.2) is 34.8 Å². The van der Waals surface area contributed by atoms with Crippen molar-refractivity contribution in [2.24, 2.45) is 0 Å². The number of amides is 1. The zero-order valence-corrected chi connectivity index (χ0v) is 18.2. The van der Waals surface area contributed by atoms with Crippen molar-refractivity contribution in [2.45, 2.75) is 25.3 Å². The third kappa shape index (κ3) is 3.96. The van der Waals surface area contributed by atoms with Crippen LogP contribution in [0.4, 0.5) is 4.79 Å². The van der Waals surface area contributed by atoms with Gasteiger partial charge in [-0.05, 0) is 46.9 Å². The van der Waals surface area contributed by atoms with Crippen molar-refractivity contribution in [1.29, 1.82) is 0 Å². The highest BCUT2D eigenvalue weighted by Crippen LogP contribution is 2.44. The van der Waals surface area contributed by atoms with Crippen LogP contribution in [0.1, 0.15) is 28.2 Å². The molecule has 1 aliphatic carbocycles. The van der Waals surface area contributed by atoms with Gasteiger partial charge in [0.05, 0.1) is 0 Å². The van der Waals surface area contributed by atoms with E-state index in [1.54, 1.807) is 6.20 Å². The number of nitrogens with one attached hydrogen (secondary N) is 2. The largest absolute Gasteiger partial charge is 0.480 e. The maximum Gasteiger partial charge on any atom is 0.407 e. The number of alkyl carbamates (subject to hydrolysis) is 1. The topological polar surface area (TPSA) is 91.4 Å². The summed E-state index contributed by atoms with van der Waals surface area (Å²) in [6.45, 7) is 2.12. The number of aryl methyl sites for hydroxylation is 1. The Morgan fingerprint density at radius 3 is 2.36 bits per heavy atom. The summed E-state index contributed by atoms with van der Waals surface area (Å²) in [7, 11) is 0. The molecule has 6 nitrogen and oxygen atoms in total. The number of H-pyrrole nitrogens is 1. The second-order valence-corrected chi connectivity index (χ2v) is 8.43. The molecule has 166 valence electrons. The first-order chi connectivity index (χ1) is 16.0. The van der Waals surface area contributed by atoms with Crippen LogP contribution in [-0.2, 0) is 16.0 Å². The number of carboxylic acid groups (broad SMARTS) is 1. The zero-order valence-electron chi connectivity index (χ0n) is 18.2. The van der Waals surface area contributed by atoms with Gasteiger partial charge in [-0.25, -0.2) is 9.59 Å². The lowest BCUT2D eigenvalue weighted by Gasteiger charge is -2.17. The number of aromatic amines is 1. The SMILES string of the molecule is Cc1ccc2[nH]cc(CC(NC(=O)OCC3c4ccccc4-c4ccccc43)C(=O)O)c2c1. The normalized spacial score (nSPS) is 13.4. The number of rotatable bonds is 6. The molecule has 5 rings (SSSR count). The minimum absolute atomic E-state index is 0.0805. The molecule has 4 aromatic rings. The smallest absolute Gasteiger partial charge is 0.407 e. The Balaban J connectivity index is 1.29. The van der Waals surface area contributed by atoms with Crippen LogP contribution in [0.3, 0.4) is 0 Å². The highest BCUT2D eigenvalue weighted by atomic mass is 16.5. The van der Waals surface area contributed by atoms with Crippen molar-refractivity contribution in [3.05, 3.63) is 95.2 Å². The number of carboxylic acids is 1. The quantitative estimate of drug-likeness (QED) is 0.393. The molecule has 1 atom stereocenters. The lowest BCUT2D eigenvalue weighted by Crippen LogP contribution is -2.42. The second-order valence-electron chi connectivity index (χ2n) is 8.43. The van der Waals surface area contributed by atoms with Gasteiger partial charge in [0.15, 0.2) is 0 Å². The predicted molar refractivity (Wildman–Crippen MR) is 126 cm³/mol. The van der Waals surface area contributed by atoms with Gasteiger partial charge in [0, 0.05) is 29.4 Å². The lowest BCUT2D eigenvalue weighted by atomic mass is 9.98. The molecule has 6 heteroatoms. The third-order valence-corrected chi connectivity index (χ3v) is 6.28. The molecule has 0 fully saturated rings. The molecule has 1 aliphatic rings. The fourth-order valence-corrected chi connectivity index (χ4v) is 4.66. The summed E-state index contributed by atoms with van der Waals surface area (Å²) in [6.07, 6.45) is 1.21. The van der Waals surface area contributed by atoms with E-state index in [0.29, 0.717) is 0 Å². The fraction of sp³-hybridized carbons (Fsp3) is 0.185. The van der Waals surface area contributed by atoms with Crippen molar-refractivity contribution >= 4 is 23.0 Å². The van der Waals surface area contributed by atoms with Gasteiger partial charge >= 0.3 is 12.1 Å². The molecule has 0 saturated carbocycles. The van der Waals surface area contributed by atoms with E-state index in [9.17, 15) is 14.7 Å². The lowest BCUT2D eigenvalue weighted by molar-refractivity contribution is -0.139. The molecule has 0 saturated heterocycles. The summed E-state index contributed by atoms with van der Waals surface area (Å²) in [5, 5.41) is 13.2. The summed E-state index contributed by atoms with van der Waals surface area (Å²) in [5.74, 6) is -1.19. The number of aromatic nitrogens is 1. The van der Waals surface area contributed by atoms with Crippen LogP contribution in [0, 0.1) is 6.92 Å². The highest BCUT2D eigenvalue weighted by Gasteiger charge is 2.30. The van der Waals surface area contributed by atoms with E-state index in [2.05, 4.69) is 22.4 Å². The minimum Gasteiger partial charge on any atom is -0.480 e. The maximum absolute atomic E-state index is 12.6. The van der Waals surface area contributed by atoms with Crippen molar-refractivity contribution in [3.63, 3.8) is 0 Å². The second kappa shape index (κ2) is 8.47. The van der Waals surface area contributed by atoms with Crippen LogP contribution >= 0.6 is 0 Å². The van der Waals surface area contributed by atoms with Gasteiger partial charge in [0.1, 0.15) is 12.6 Å². The summed E-state index contributed by atoms with van der Waals surface area (Å²) in [4.78, 5) is 27.6. The Bertz CT molecular complexity index is 1310. The maximum atomic E-state index is 12.6. The van der Waals surface area contributed by atoms with E-state index >= 15 is 0 Å². The number of aliphatic carboxylic acids is 1. The molecule has 0 aliphatic heterocycles. The molecule has 0 bridgehead atoms. The van der Waals surface area contributed by atoms with Crippen LogP contribution in [0.5, 0.6) is 0 Å². The zero-order chi connectivity index (χ0) is 22.9. The Morgan fingerprint density at radius 1 is 1.03 bits per heavy atom. The number of benzene rings is 3. The van der Waals surface area contributed by atoms with Crippen LogP contribution < -0.4 is 5.32 Å². The van der Waals surface area contributed by atoms with Crippen molar-refractivity contribution in [1.82, 2.24) is 10.3 Å². The Morgan fingerprint density at radius 2 is 1.70 bits per heavy atom. The van der Waals surface area contributed by atoms with E-state index in [0.717, 1.165) is 44.3 Å². The van der Waals surface area contributed by atoms with E-state index in [1.807, 2.05) is 61.5 Å². The van der Waals surface area contributed by atoms with Crippen molar-refractivity contribution < 1.29 is 19.4 Å². The predicted octanol–water partition coefficient (Wildman–Crippen LogP) is 5.01. The summed E-state index contributed by atoms with van der Waals surface area (Å²) >= 11 is 0. The van der Waals surface area contributed by atoms with Gasteiger partial charge in [-0.3, -0.25) is 0 Å². The molecule has 0 spiro atoms. The average molecular weight is 440 g/mol. The molecular weight excluding hydrogens is 416 g/mol. The Labute approximate surface area is 191 Å². The first-order valence-corrected chi connectivity index (χ1v) is 10.9. The van der Waals surface area contributed by atoms with Gasteiger partial charge in [-0.15, -0.1) is 0 Å². The molecular formula is C27H24N2O4. The number of fused-ring (bicyclic) bond motifs is 4. The summed E-state index contributed by atoms with van der Waals surface area (Å²) < 4.78 is 5.52. The molecule has 1 amide bonds. The van der Waals surface area contributed by atoms with E-state index in [4.69, 9.17) is 4.74 Å². The first kappa shape index (κ1) is 20.8. The van der Waals surface area contributed by atoms with E-state index in [-0.39, 0.29) is 18.9 Å². The Kier molecular flexibility index (Phi) is 5.34. The standard InChI is InChI=1S/C27H24N2O4/c1-16-10-11-24-22(12-16)17(14-28-24)13-25(26(30)31)29-27(32)33-15-23-20-8-4-2-6-18(20)19-7-3-5-9-21(19)23/h2-12,14,23,25,28H,13,15H2,1H3,(H,29,32)(H,30,31). The molecule has 1 aromatic heterocycles. The van der Waals surface area contributed by atoms with Gasteiger partial charge in [-0.1, -0.05) is 60.2 Å². The number of carbonyl (C=O) groups excluding carboxylic acids is 1. The third-order valence-electron chi connectivity index (χ3n) is 6.28. The van der Waals surface area contributed by atoms with Crippen LogP contribution in [0.25, 0.3) is 22.0 Å². The minimum atomic E-state index is -1.11. The average Bonchev–Trinajstić information content (AvgIpc) is 3.35. The number of ether oxygens (including phenoxy) is 1. The Hall–Kier alpha value is -4.06. The summed E-state index contributed by atoms with van der Waals surface area (Å²) in [5.41, 5.74) is 7.34. The molecule has 0 radical (unpaired) electrons. The van der Waals surface area contributed by atoms with Gasteiger partial charge in [0.2, 0.25) is 0 Å². The number of carbonyl (C=O) groups is 2. The molecule has 33 heavy (non-hydrogen) atoms. The van der Waals surface area contributed by atoms with E-state index in [1.165, 1.54) is 0 Å².